The highest BCUT2D eigenvalue weighted by molar-refractivity contribution is 6.56. The van der Waals surface area contributed by atoms with Crippen molar-refractivity contribution < 1.29 is 18.0 Å². The normalized spacial score (nSPS) is 14.1. The van der Waals surface area contributed by atoms with E-state index in [0.717, 1.165) is 6.07 Å². The first kappa shape index (κ1) is 27.2. The average Bonchev–Trinajstić information content (AvgIpc) is 2.88. The maximum absolute atomic E-state index is 14.6. The Morgan fingerprint density at radius 2 is 1.89 bits per heavy atom. The van der Waals surface area contributed by atoms with Gasteiger partial charge in [-0.1, -0.05) is 32.0 Å². The predicted octanol–water partition coefficient (Wildman–Crippen LogP) is 4.54. The minimum Gasteiger partial charge on any atom is -0.355 e. The molecule has 0 atom stereocenters. The van der Waals surface area contributed by atoms with E-state index < -0.39 is 23.6 Å². The molecule has 3 heterocycles. The molecule has 7 nitrogen and oxygen atoms in total. The van der Waals surface area contributed by atoms with Crippen LogP contribution in [-0.2, 0) is 13.6 Å². The molecule has 3 aromatic rings. The van der Waals surface area contributed by atoms with Crippen LogP contribution >= 0.6 is 0 Å². The number of anilines is 1. The van der Waals surface area contributed by atoms with Gasteiger partial charge in [0.15, 0.2) is 5.81 Å². The van der Waals surface area contributed by atoms with Gasteiger partial charge in [-0.25, -0.2) is 23.1 Å². The highest BCUT2D eigenvalue weighted by atomic mass is 19.3. The number of pyridine rings is 1. The van der Waals surface area contributed by atoms with Gasteiger partial charge in [0, 0.05) is 44.9 Å². The van der Waals surface area contributed by atoms with Crippen LogP contribution in [0.4, 0.5) is 23.8 Å². The van der Waals surface area contributed by atoms with Crippen molar-refractivity contribution in [1.82, 2.24) is 19.4 Å². The van der Waals surface area contributed by atoms with Crippen LogP contribution in [0, 0.1) is 5.82 Å². The zero-order valence-corrected chi connectivity index (χ0v) is 20.8. The highest BCUT2D eigenvalue weighted by Gasteiger charge is 2.26. The number of piperidine rings is 1. The number of hydrogen-bond acceptors (Lipinski definition) is 5. The van der Waals surface area contributed by atoms with E-state index in [4.69, 9.17) is 7.85 Å². The van der Waals surface area contributed by atoms with Crippen LogP contribution in [0.25, 0.3) is 11.0 Å². The first-order valence-corrected chi connectivity index (χ1v) is 11.8. The van der Waals surface area contributed by atoms with Crippen molar-refractivity contribution in [2.45, 2.75) is 45.6 Å². The van der Waals surface area contributed by atoms with Crippen LogP contribution < -0.4 is 10.5 Å². The van der Waals surface area contributed by atoms with Gasteiger partial charge in [0.2, 0.25) is 7.85 Å². The monoisotopic (exact) mass is 499 g/mol. The molecule has 1 saturated heterocycles. The molecular weight excluding hydrogens is 470 g/mol. The van der Waals surface area contributed by atoms with E-state index in [1.54, 1.807) is 30.0 Å². The molecule has 0 spiro atoms. The number of hydrogen-bond donors (Lipinski definition) is 0. The largest absolute Gasteiger partial charge is 0.355 e. The van der Waals surface area contributed by atoms with Gasteiger partial charge in [0.1, 0.15) is 23.6 Å². The standard InChI is InChI=1S/C23H23BF3N5O2.C2H6/c1-30(11-14-4-3-5-15(18(14)25)19(26)27)20-17-10-16(13-6-8-32(9-7-13)23(24)34)22(33)31(2)21(17)29-12-28-20;1-2/h3-5,10,12-13,19H,6-9,11H2,1-2H3;1-2H3. The molecule has 0 aliphatic carbocycles. The van der Waals surface area contributed by atoms with Crippen molar-refractivity contribution in [3.8, 4) is 0 Å². The molecule has 0 N–H and O–H groups in total. The maximum Gasteiger partial charge on any atom is 0.266 e. The molecule has 0 saturated carbocycles. The molecule has 1 amide bonds. The molecule has 1 aliphatic heterocycles. The van der Waals surface area contributed by atoms with Gasteiger partial charge in [-0.3, -0.25) is 14.2 Å². The van der Waals surface area contributed by atoms with Gasteiger partial charge < -0.3 is 9.80 Å². The van der Waals surface area contributed by atoms with Gasteiger partial charge in [-0.2, -0.15) is 0 Å². The van der Waals surface area contributed by atoms with E-state index in [1.807, 2.05) is 13.8 Å². The van der Waals surface area contributed by atoms with Gasteiger partial charge in [0.25, 0.3) is 12.0 Å². The SMILES string of the molecule is CC.[B]C(=O)N1CCC(c2cc3c(N(C)Cc4cccc(C(F)F)c4F)ncnc3n(C)c2=O)CC1. The van der Waals surface area contributed by atoms with Crippen LogP contribution in [0.3, 0.4) is 0 Å². The van der Waals surface area contributed by atoms with Gasteiger partial charge >= 0.3 is 0 Å². The lowest BCUT2D eigenvalue weighted by Crippen LogP contribution is -2.38. The molecule has 190 valence electrons. The summed E-state index contributed by atoms with van der Waals surface area (Å²) in [5, 5.41) is 0.588. The number of aromatic nitrogens is 3. The Bertz CT molecular complexity index is 1290. The van der Waals surface area contributed by atoms with Crippen LogP contribution in [-0.4, -0.2) is 53.2 Å². The van der Waals surface area contributed by atoms with E-state index in [-0.39, 0.29) is 23.6 Å². The number of carbonyl (C=O) groups is 1. The third-order valence-corrected chi connectivity index (χ3v) is 6.37. The Labute approximate surface area is 209 Å². The van der Waals surface area contributed by atoms with E-state index in [2.05, 4.69) is 9.97 Å². The number of nitrogens with zero attached hydrogens (tertiary/aromatic N) is 5. The lowest BCUT2D eigenvalue weighted by molar-refractivity contribution is 0.146. The Morgan fingerprint density at radius 3 is 2.50 bits per heavy atom. The fourth-order valence-electron chi connectivity index (χ4n) is 4.51. The van der Waals surface area contributed by atoms with Crippen LogP contribution in [0.5, 0.6) is 0 Å². The Balaban J connectivity index is 0.00000176. The summed E-state index contributed by atoms with van der Waals surface area (Å²) in [4.78, 5) is 36.3. The summed E-state index contributed by atoms with van der Waals surface area (Å²) in [6, 6.07) is 5.66. The Morgan fingerprint density at radius 1 is 1.22 bits per heavy atom. The van der Waals surface area contributed by atoms with Crippen molar-refractivity contribution in [3.05, 3.63) is 63.5 Å². The van der Waals surface area contributed by atoms with Crippen LogP contribution in [0.2, 0.25) is 0 Å². The maximum atomic E-state index is 14.6. The number of benzene rings is 1. The second-order valence-corrected chi connectivity index (χ2v) is 8.48. The van der Waals surface area contributed by atoms with Crippen molar-refractivity contribution in [1.29, 1.82) is 0 Å². The number of halogens is 3. The second kappa shape index (κ2) is 11.6. The molecule has 1 fully saturated rings. The Hall–Kier alpha value is -3.37. The number of likely N-dealkylation sites (tertiary alicyclic amines) is 1. The van der Waals surface area contributed by atoms with Crippen molar-refractivity contribution in [2.24, 2.45) is 7.05 Å². The smallest absolute Gasteiger partial charge is 0.266 e. The summed E-state index contributed by atoms with van der Waals surface area (Å²) >= 11 is 0. The molecule has 2 aromatic heterocycles. The molecule has 2 radical (unpaired) electrons. The van der Waals surface area contributed by atoms with Crippen LogP contribution in [0.15, 0.2) is 35.4 Å². The molecule has 0 unspecified atom stereocenters. The fourth-order valence-corrected chi connectivity index (χ4v) is 4.51. The quantitative estimate of drug-likeness (QED) is 0.483. The third kappa shape index (κ3) is 5.39. The molecule has 1 aromatic carbocycles. The number of rotatable bonds is 5. The molecule has 11 heteroatoms. The summed E-state index contributed by atoms with van der Waals surface area (Å²) in [7, 11) is 8.66. The molecule has 0 bridgehead atoms. The zero-order chi connectivity index (χ0) is 26.6. The lowest BCUT2D eigenvalue weighted by Gasteiger charge is -2.32. The molecule has 4 rings (SSSR count). The van der Waals surface area contributed by atoms with Crippen molar-refractivity contribution in [2.75, 3.05) is 25.0 Å². The number of fused-ring (bicyclic) bond motifs is 1. The van der Waals surface area contributed by atoms with E-state index >= 15 is 0 Å². The molecular formula is C25H29BF3N5O2. The number of alkyl halides is 2. The second-order valence-electron chi connectivity index (χ2n) is 8.48. The minimum absolute atomic E-state index is 0.00627. The molecule has 1 aliphatic rings. The summed E-state index contributed by atoms with van der Waals surface area (Å²) in [6.45, 7) is 4.91. The first-order valence-electron chi connectivity index (χ1n) is 11.8. The average molecular weight is 499 g/mol. The van der Waals surface area contributed by atoms with Gasteiger partial charge in [0.05, 0.1) is 10.9 Å². The number of aryl methyl sites for hydroxylation is 1. The summed E-state index contributed by atoms with van der Waals surface area (Å²) < 4.78 is 42.3. The Kier molecular flexibility index (Phi) is 8.76. The summed E-state index contributed by atoms with van der Waals surface area (Å²) in [5.41, 5.74) is 0.255. The van der Waals surface area contributed by atoms with E-state index in [0.29, 0.717) is 48.3 Å². The van der Waals surface area contributed by atoms with Crippen molar-refractivity contribution in [3.63, 3.8) is 0 Å². The van der Waals surface area contributed by atoms with E-state index in [9.17, 15) is 22.8 Å². The predicted molar refractivity (Wildman–Crippen MR) is 134 cm³/mol. The van der Waals surface area contributed by atoms with Crippen molar-refractivity contribution >= 4 is 30.5 Å². The number of amides is 1. The van der Waals surface area contributed by atoms with Crippen LogP contribution in [0.1, 0.15) is 55.7 Å². The topological polar surface area (TPSA) is 71.3 Å². The third-order valence-electron chi connectivity index (χ3n) is 6.37. The zero-order valence-electron chi connectivity index (χ0n) is 20.8. The fraction of sp³-hybridized carbons (Fsp3) is 0.440. The lowest BCUT2D eigenvalue weighted by atomic mass is 9.88. The molecule has 36 heavy (non-hydrogen) atoms. The number of carbonyl (C=O) groups excluding carboxylic acids is 1. The summed E-state index contributed by atoms with van der Waals surface area (Å²) in [5.74, 6) is -1.06. The van der Waals surface area contributed by atoms with Gasteiger partial charge in [-0.15, -0.1) is 0 Å². The first-order chi connectivity index (χ1) is 17.2. The highest BCUT2D eigenvalue weighted by Crippen LogP contribution is 2.31. The summed E-state index contributed by atoms with van der Waals surface area (Å²) in [6.07, 6.45) is -0.421. The van der Waals surface area contributed by atoms with E-state index in [1.165, 1.54) is 23.0 Å². The minimum atomic E-state index is -2.91. The van der Waals surface area contributed by atoms with Gasteiger partial charge in [-0.05, 0) is 24.8 Å².